The molecule has 4 aromatic carbocycles. The summed E-state index contributed by atoms with van der Waals surface area (Å²) in [4.78, 5) is 0. The summed E-state index contributed by atoms with van der Waals surface area (Å²) in [6.07, 6.45) is -1.63. The van der Waals surface area contributed by atoms with Crippen LogP contribution in [0.15, 0.2) is 77.3 Å². The van der Waals surface area contributed by atoms with Crippen LogP contribution in [-0.2, 0) is 27.4 Å². The molecule has 38 heavy (non-hydrogen) atoms. The third-order valence-electron chi connectivity index (χ3n) is 6.78. The Hall–Kier alpha value is -3.10. The largest absolute Gasteiger partial charge is 0.496 e. The fourth-order valence-corrected chi connectivity index (χ4v) is 5.59. The Morgan fingerprint density at radius 2 is 1.26 bits per heavy atom. The number of fused-ring (bicyclic) bond motifs is 2. The average molecular weight is 579 g/mol. The van der Waals surface area contributed by atoms with Gasteiger partial charge in [0.25, 0.3) is 0 Å². The molecule has 0 aliphatic carbocycles. The maximum Gasteiger partial charge on any atom is 0.189 e. The number of halogens is 1. The van der Waals surface area contributed by atoms with Gasteiger partial charge in [0.05, 0.1) is 46.0 Å². The van der Waals surface area contributed by atoms with Gasteiger partial charge in [-0.25, -0.2) is 0 Å². The van der Waals surface area contributed by atoms with E-state index in [9.17, 15) is 0 Å². The van der Waals surface area contributed by atoms with Crippen molar-refractivity contribution in [2.45, 2.75) is 38.6 Å². The van der Waals surface area contributed by atoms with Crippen molar-refractivity contribution >= 4 is 26.7 Å². The first-order valence-corrected chi connectivity index (χ1v) is 13.3. The Labute approximate surface area is 231 Å². The smallest absolute Gasteiger partial charge is 0.189 e. The normalized spacial score (nSPS) is 18.7. The molecule has 0 spiro atoms. The Balaban J connectivity index is 1.68. The Kier molecular flexibility index (Phi) is 8.19. The summed E-state index contributed by atoms with van der Waals surface area (Å²) in [5, 5.41) is 1.65. The highest BCUT2D eigenvalue weighted by Crippen LogP contribution is 2.55. The quantitative estimate of drug-likeness (QED) is 0.205. The molecular weight excluding hydrogens is 548 g/mol. The lowest BCUT2D eigenvalue weighted by Crippen LogP contribution is -2.34. The standard InChI is InChI=1S/C31H31BrO6/c1-19-24-27(29(35-4)25-22(32)15-16-23(33-2)26(25)28(24)34-3)30(36-17-20-11-7-5-8-12-20)31(38-19)37-18-21-13-9-6-10-14-21/h5-16,19,30-31H,17-18H2,1-4H3/t19-,30-,31+/m0/s1. The molecule has 0 amide bonds. The van der Waals surface area contributed by atoms with E-state index in [4.69, 9.17) is 28.4 Å². The lowest BCUT2D eigenvalue weighted by molar-refractivity contribution is -0.246. The SMILES string of the molecule is COc1ccc(Br)c2c(OC)c3c(c(OC)c12)[C@H](C)O[C@@H](OCc1ccccc1)[C@H]3OCc1ccccc1. The van der Waals surface area contributed by atoms with Gasteiger partial charge in [-0.2, -0.15) is 0 Å². The van der Waals surface area contributed by atoms with E-state index in [1.54, 1.807) is 21.3 Å². The van der Waals surface area contributed by atoms with E-state index >= 15 is 0 Å². The van der Waals surface area contributed by atoms with E-state index in [0.717, 1.165) is 37.5 Å². The van der Waals surface area contributed by atoms with Crippen LogP contribution in [0.1, 0.15) is 41.4 Å². The van der Waals surface area contributed by atoms with Crippen LogP contribution in [0.25, 0.3) is 10.8 Å². The van der Waals surface area contributed by atoms with Gasteiger partial charge in [0.15, 0.2) is 6.29 Å². The summed E-state index contributed by atoms with van der Waals surface area (Å²) < 4.78 is 38.2. The molecule has 1 heterocycles. The second-order valence-electron chi connectivity index (χ2n) is 9.05. The Bertz CT molecular complexity index is 1390. The van der Waals surface area contributed by atoms with Crippen molar-refractivity contribution in [3.63, 3.8) is 0 Å². The summed E-state index contributed by atoms with van der Waals surface area (Å²) in [5.41, 5.74) is 3.79. The second kappa shape index (κ2) is 11.7. The molecule has 198 valence electrons. The first kappa shape index (κ1) is 26.5. The molecule has 6 nitrogen and oxygen atoms in total. The van der Waals surface area contributed by atoms with E-state index in [0.29, 0.717) is 30.5 Å². The maximum absolute atomic E-state index is 6.60. The lowest BCUT2D eigenvalue weighted by Gasteiger charge is -2.39. The van der Waals surface area contributed by atoms with E-state index in [1.165, 1.54) is 0 Å². The van der Waals surface area contributed by atoms with Crippen LogP contribution in [0, 0.1) is 0 Å². The summed E-state index contributed by atoms with van der Waals surface area (Å²) >= 11 is 3.74. The number of hydrogen-bond donors (Lipinski definition) is 0. The highest BCUT2D eigenvalue weighted by molar-refractivity contribution is 9.10. The Morgan fingerprint density at radius 3 is 1.84 bits per heavy atom. The van der Waals surface area contributed by atoms with Gasteiger partial charge in [0, 0.05) is 21.0 Å². The maximum atomic E-state index is 6.60. The molecule has 5 rings (SSSR count). The van der Waals surface area contributed by atoms with Gasteiger partial charge in [-0.15, -0.1) is 0 Å². The van der Waals surface area contributed by atoms with Crippen LogP contribution in [0.3, 0.4) is 0 Å². The monoisotopic (exact) mass is 578 g/mol. The number of methoxy groups -OCH3 is 3. The summed E-state index contributed by atoms with van der Waals surface area (Å²) in [6, 6.07) is 23.9. The van der Waals surface area contributed by atoms with Gasteiger partial charge in [-0.3, -0.25) is 0 Å². The number of rotatable bonds is 9. The van der Waals surface area contributed by atoms with E-state index < -0.39 is 12.4 Å². The van der Waals surface area contributed by atoms with E-state index in [1.807, 2.05) is 79.7 Å². The van der Waals surface area contributed by atoms with Gasteiger partial charge in [-0.05, 0) is 30.2 Å². The fourth-order valence-electron chi connectivity index (χ4n) is 5.08. The minimum absolute atomic E-state index is 0.362. The number of hydrogen-bond acceptors (Lipinski definition) is 6. The zero-order valence-corrected chi connectivity index (χ0v) is 23.5. The zero-order valence-electron chi connectivity index (χ0n) is 21.9. The minimum Gasteiger partial charge on any atom is -0.496 e. The van der Waals surface area contributed by atoms with Crippen LogP contribution in [0.4, 0.5) is 0 Å². The summed E-state index contributed by atoms with van der Waals surface area (Å²) in [7, 11) is 4.97. The topological polar surface area (TPSA) is 55.4 Å². The van der Waals surface area contributed by atoms with Crippen molar-refractivity contribution in [2.75, 3.05) is 21.3 Å². The molecule has 0 aromatic heterocycles. The first-order valence-electron chi connectivity index (χ1n) is 12.5. The minimum atomic E-state index is -0.679. The molecule has 0 saturated heterocycles. The average Bonchev–Trinajstić information content (AvgIpc) is 2.96. The van der Waals surface area contributed by atoms with Crippen molar-refractivity contribution in [1.29, 1.82) is 0 Å². The number of ether oxygens (including phenoxy) is 6. The van der Waals surface area contributed by atoms with Gasteiger partial charge < -0.3 is 28.4 Å². The molecule has 3 atom stereocenters. The highest BCUT2D eigenvalue weighted by Gasteiger charge is 2.42. The third-order valence-corrected chi connectivity index (χ3v) is 7.44. The lowest BCUT2D eigenvalue weighted by atomic mass is 9.88. The summed E-state index contributed by atoms with van der Waals surface area (Å²) in [5.74, 6) is 2.01. The molecule has 4 aromatic rings. The van der Waals surface area contributed by atoms with Crippen molar-refractivity contribution in [2.24, 2.45) is 0 Å². The Morgan fingerprint density at radius 1 is 0.684 bits per heavy atom. The molecule has 0 fully saturated rings. The van der Waals surface area contributed by atoms with Crippen molar-refractivity contribution in [1.82, 2.24) is 0 Å². The molecule has 0 unspecified atom stereocenters. The zero-order chi connectivity index (χ0) is 26.6. The fraction of sp³-hybridized carbons (Fsp3) is 0.290. The molecular formula is C31H31BrO6. The van der Waals surface area contributed by atoms with Gasteiger partial charge in [0.1, 0.15) is 23.4 Å². The predicted octanol–water partition coefficient (Wildman–Crippen LogP) is 7.52. The van der Waals surface area contributed by atoms with Gasteiger partial charge >= 0.3 is 0 Å². The van der Waals surface area contributed by atoms with E-state index in [-0.39, 0.29) is 6.10 Å². The van der Waals surface area contributed by atoms with Gasteiger partial charge in [-0.1, -0.05) is 76.6 Å². The second-order valence-corrected chi connectivity index (χ2v) is 9.91. The van der Waals surface area contributed by atoms with Crippen molar-refractivity contribution in [3.05, 3.63) is 99.5 Å². The van der Waals surface area contributed by atoms with Crippen molar-refractivity contribution < 1.29 is 28.4 Å². The molecule has 0 N–H and O–H groups in total. The van der Waals surface area contributed by atoms with Crippen molar-refractivity contribution in [3.8, 4) is 17.2 Å². The van der Waals surface area contributed by atoms with Crippen LogP contribution < -0.4 is 14.2 Å². The van der Waals surface area contributed by atoms with Crippen LogP contribution in [0.2, 0.25) is 0 Å². The molecule has 0 saturated carbocycles. The molecule has 0 bridgehead atoms. The molecule has 7 heteroatoms. The first-order chi connectivity index (χ1) is 18.6. The van der Waals surface area contributed by atoms with E-state index in [2.05, 4.69) is 15.9 Å². The third kappa shape index (κ3) is 4.99. The van der Waals surface area contributed by atoms with Crippen LogP contribution in [-0.4, -0.2) is 27.6 Å². The molecule has 1 aliphatic rings. The van der Waals surface area contributed by atoms with Crippen LogP contribution >= 0.6 is 15.9 Å². The van der Waals surface area contributed by atoms with Gasteiger partial charge in [0.2, 0.25) is 0 Å². The highest BCUT2D eigenvalue weighted by atomic mass is 79.9. The summed E-state index contributed by atoms with van der Waals surface area (Å²) in [6.45, 7) is 2.74. The number of benzene rings is 4. The molecule has 1 aliphatic heterocycles. The predicted molar refractivity (Wildman–Crippen MR) is 150 cm³/mol. The molecule has 0 radical (unpaired) electrons. The van der Waals surface area contributed by atoms with Crippen LogP contribution in [0.5, 0.6) is 17.2 Å².